The van der Waals surface area contributed by atoms with Crippen molar-refractivity contribution in [2.75, 3.05) is 32.9 Å². The highest BCUT2D eigenvalue weighted by Crippen LogP contribution is 2.45. The minimum absolute atomic E-state index is 0.0157. The van der Waals surface area contributed by atoms with Crippen LogP contribution in [0.2, 0.25) is 0 Å². The number of aromatic nitrogens is 1. The van der Waals surface area contributed by atoms with Gasteiger partial charge >= 0.3 is 0 Å². The van der Waals surface area contributed by atoms with Crippen LogP contribution in [0.15, 0.2) is 21.6 Å². The van der Waals surface area contributed by atoms with Crippen LogP contribution >= 0.6 is 0 Å². The Hall–Kier alpha value is -1.39. The van der Waals surface area contributed by atoms with Crippen LogP contribution in [0.1, 0.15) is 37.7 Å². The summed E-state index contributed by atoms with van der Waals surface area (Å²) in [6.45, 7) is 4.93. The summed E-state index contributed by atoms with van der Waals surface area (Å²) in [5.74, 6) is 0.603. The molecule has 9 heteroatoms. The van der Waals surface area contributed by atoms with E-state index >= 15 is 0 Å². The van der Waals surface area contributed by atoms with E-state index in [0.29, 0.717) is 32.0 Å². The Morgan fingerprint density at radius 3 is 2.86 bits per heavy atom. The summed E-state index contributed by atoms with van der Waals surface area (Å²) in [7, 11) is -4.95. The highest BCUT2D eigenvalue weighted by molar-refractivity contribution is 8.10. The van der Waals surface area contributed by atoms with Gasteiger partial charge in [-0.2, -0.15) is 4.40 Å². The van der Waals surface area contributed by atoms with Gasteiger partial charge in [0.05, 0.1) is 26.0 Å². The largest absolute Gasteiger partial charge is 0.464 e. The third kappa shape index (κ3) is 3.99. The highest BCUT2D eigenvalue weighted by atomic mass is 32.3. The van der Waals surface area contributed by atoms with Crippen molar-refractivity contribution in [1.29, 1.82) is 0 Å². The van der Waals surface area contributed by atoms with E-state index in [0.717, 1.165) is 37.9 Å². The lowest BCUT2D eigenvalue weighted by Crippen LogP contribution is -2.43. The SMILES string of the molecule is Cc1cnc2c(c1)S(=O)(O)(OCCC1CCNCC1)N=CC1(CCOCC1)O2. The van der Waals surface area contributed by atoms with E-state index in [1.807, 2.05) is 6.92 Å². The van der Waals surface area contributed by atoms with Crippen LogP contribution < -0.4 is 10.1 Å². The molecule has 1 aromatic rings. The van der Waals surface area contributed by atoms with Crippen molar-refractivity contribution in [2.45, 2.75) is 49.5 Å². The Bertz CT molecular complexity index is 818. The lowest BCUT2D eigenvalue weighted by atomic mass is 9.95. The molecule has 2 fully saturated rings. The van der Waals surface area contributed by atoms with Crippen molar-refractivity contribution in [2.24, 2.45) is 10.3 Å². The third-order valence-corrected chi connectivity index (χ3v) is 7.84. The van der Waals surface area contributed by atoms with Crippen LogP contribution in [0.4, 0.5) is 0 Å². The molecule has 0 amide bonds. The predicted octanol–water partition coefficient (Wildman–Crippen LogP) is 2.29. The van der Waals surface area contributed by atoms with Gasteiger partial charge in [-0.05, 0) is 56.8 Å². The molecular formula is C19H29N3O5S. The number of rotatable bonds is 4. The molecule has 4 rings (SSSR count). The first-order valence-electron chi connectivity index (χ1n) is 9.96. The van der Waals surface area contributed by atoms with E-state index in [1.54, 1.807) is 12.3 Å². The molecule has 8 nitrogen and oxygen atoms in total. The average Bonchev–Trinajstić information content (AvgIpc) is 2.78. The topological polar surface area (TPSA) is 102 Å². The van der Waals surface area contributed by atoms with Crippen molar-refractivity contribution in [3.05, 3.63) is 17.8 Å². The van der Waals surface area contributed by atoms with Crippen LogP contribution in [0.5, 0.6) is 5.88 Å². The van der Waals surface area contributed by atoms with Gasteiger partial charge in [-0.25, -0.2) is 9.19 Å². The summed E-state index contributed by atoms with van der Waals surface area (Å²) < 4.78 is 46.6. The molecule has 0 atom stereocenters. The smallest absolute Gasteiger partial charge is 0.235 e. The van der Waals surface area contributed by atoms with Crippen LogP contribution in [0.3, 0.4) is 0 Å². The number of nitrogens with one attached hydrogen (secondary N) is 1. The Morgan fingerprint density at radius 2 is 2.11 bits per heavy atom. The first-order valence-corrected chi connectivity index (χ1v) is 11.8. The zero-order valence-corrected chi connectivity index (χ0v) is 17.1. The quantitative estimate of drug-likeness (QED) is 0.784. The standard InChI is InChI=1S/C19H29N3O5S/c1-15-12-17-18(21-13-15)27-19(5-10-25-11-6-19)14-22-28(17,23,24)26-9-4-16-2-7-20-8-3-16/h12-14,16,20H,2-11H2,1H3,(H,23,24). The summed E-state index contributed by atoms with van der Waals surface area (Å²) in [5.41, 5.74) is -0.0511. The average molecular weight is 412 g/mol. The summed E-state index contributed by atoms with van der Waals surface area (Å²) in [6.07, 6.45) is 6.99. The molecule has 0 aromatic carbocycles. The second-order valence-electron chi connectivity index (χ2n) is 7.93. The number of hydrogen-bond donors (Lipinski definition) is 2. The Kier molecular flexibility index (Phi) is 5.30. The third-order valence-electron chi connectivity index (χ3n) is 5.72. The molecule has 0 bridgehead atoms. The van der Waals surface area contributed by atoms with Gasteiger partial charge in [0.1, 0.15) is 4.90 Å². The fourth-order valence-electron chi connectivity index (χ4n) is 3.90. The van der Waals surface area contributed by atoms with E-state index < -0.39 is 15.4 Å². The maximum Gasteiger partial charge on any atom is 0.235 e. The molecule has 0 radical (unpaired) electrons. The second-order valence-corrected chi connectivity index (χ2v) is 10.4. The molecule has 2 saturated heterocycles. The summed E-state index contributed by atoms with van der Waals surface area (Å²) in [5, 5.41) is 3.33. The molecule has 0 saturated carbocycles. The summed E-state index contributed by atoms with van der Waals surface area (Å²) >= 11 is 0. The van der Waals surface area contributed by atoms with Crippen molar-refractivity contribution in [1.82, 2.24) is 10.3 Å². The molecular weight excluding hydrogens is 382 g/mol. The molecule has 3 aliphatic rings. The molecule has 28 heavy (non-hydrogen) atoms. The van der Waals surface area contributed by atoms with Gasteiger partial charge < -0.3 is 14.8 Å². The molecule has 4 heterocycles. The van der Waals surface area contributed by atoms with E-state index in [4.69, 9.17) is 13.7 Å². The molecule has 0 aliphatic carbocycles. The Labute approximate surface area is 165 Å². The first-order chi connectivity index (χ1) is 13.4. The number of pyridine rings is 1. The van der Waals surface area contributed by atoms with Crippen molar-refractivity contribution in [3.8, 4) is 5.88 Å². The van der Waals surface area contributed by atoms with Crippen molar-refractivity contribution < 1.29 is 22.4 Å². The maximum absolute atomic E-state index is 13.8. The molecule has 1 aromatic heterocycles. The number of fused-ring (bicyclic) bond motifs is 1. The second kappa shape index (κ2) is 7.46. The molecule has 156 valence electrons. The van der Waals surface area contributed by atoms with Crippen molar-refractivity contribution >= 4 is 16.0 Å². The number of nitrogens with zero attached hydrogens (tertiary/aromatic N) is 2. The van der Waals surface area contributed by atoms with Gasteiger partial charge in [0.2, 0.25) is 15.7 Å². The van der Waals surface area contributed by atoms with Gasteiger partial charge in [0.15, 0.2) is 5.60 Å². The van der Waals surface area contributed by atoms with Crippen LogP contribution in [0, 0.1) is 12.8 Å². The summed E-state index contributed by atoms with van der Waals surface area (Å²) in [4.78, 5) is 4.32. The van der Waals surface area contributed by atoms with Gasteiger partial charge in [0.25, 0.3) is 0 Å². The number of aryl methyl sites for hydroxylation is 1. The monoisotopic (exact) mass is 411 g/mol. The van der Waals surface area contributed by atoms with Gasteiger partial charge in [-0.1, -0.05) is 0 Å². The van der Waals surface area contributed by atoms with Crippen LogP contribution in [-0.4, -0.2) is 58.5 Å². The van der Waals surface area contributed by atoms with Gasteiger partial charge in [0, 0.05) is 19.0 Å². The number of ether oxygens (including phenoxy) is 2. The minimum atomic E-state index is -4.95. The number of piperidine rings is 1. The van der Waals surface area contributed by atoms with Crippen LogP contribution in [-0.2, 0) is 18.7 Å². The molecule has 0 unspecified atom stereocenters. The lowest BCUT2D eigenvalue weighted by Gasteiger charge is -2.33. The Balaban J connectivity index is 1.64. The number of hydrogen-bond acceptors (Lipinski definition) is 6. The normalized spacial score (nSPS) is 27.1. The molecule has 3 aliphatic heterocycles. The Morgan fingerprint density at radius 1 is 1.36 bits per heavy atom. The first kappa shape index (κ1) is 19.9. The highest BCUT2D eigenvalue weighted by Gasteiger charge is 2.47. The zero-order valence-electron chi connectivity index (χ0n) is 16.3. The molecule has 2 N–H and O–H groups in total. The molecule has 1 spiro atoms. The van der Waals surface area contributed by atoms with E-state index in [9.17, 15) is 8.76 Å². The van der Waals surface area contributed by atoms with E-state index in [2.05, 4.69) is 14.7 Å². The maximum atomic E-state index is 13.8. The lowest BCUT2D eigenvalue weighted by molar-refractivity contribution is -0.00589. The van der Waals surface area contributed by atoms with Gasteiger partial charge in [-0.3, -0.25) is 8.74 Å². The summed E-state index contributed by atoms with van der Waals surface area (Å²) in [6, 6.07) is 1.59. The van der Waals surface area contributed by atoms with Gasteiger partial charge in [-0.15, -0.1) is 0 Å². The predicted molar refractivity (Wildman–Crippen MR) is 106 cm³/mol. The van der Waals surface area contributed by atoms with E-state index in [-0.39, 0.29) is 17.4 Å². The minimum Gasteiger partial charge on any atom is -0.464 e. The zero-order chi connectivity index (χ0) is 19.7. The van der Waals surface area contributed by atoms with E-state index in [1.165, 1.54) is 6.21 Å². The van der Waals surface area contributed by atoms with Crippen LogP contribution in [0.25, 0.3) is 0 Å². The fourth-order valence-corrected chi connectivity index (χ4v) is 5.76. The van der Waals surface area contributed by atoms with Crippen molar-refractivity contribution in [3.63, 3.8) is 0 Å². The fraction of sp³-hybridized carbons (Fsp3) is 0.684.